The lowest BCUT2D eigenvalue weighted by Gasteiger charge is -2.13. The molecule has 0 aromatic rings. The summed E-state index contributed by atoms with van der Waals surface area (Å²) in [4.78, 5) is 0. The van der Waals surface area contributed by atoms with Gasteiger partial charge in [-0.15, -0.1) is 0 Å². The van der Waals surface area contributed by atoms with Crippen LogP contribution in [0.25, 0.3) is 11.1 Å². The minimum Gasteiger partial charge on any atom is -0.496 e. The van der Waals surface area contributed by atoms with Crippen molar-refractivity contribution >= 4 is 0 Å². The molecule has 0 N–H and O–H groups in total. The Morgan fingerprint density at radius 2 is 1.67 bits per heavy atom. The summed E-state index contributed by atoms with van der Waals surface area (Å²) in [7, 11) is 3.47. The van der Waals surface area contributed by atoms with E-state index in [0.717, 1.165) is 17.9 Å². The lowest BCUT2D eigenvalue weighted by Crippen LogP contribution is -1.99. The topological polar surface area (TPSA) is 18.5 Å². The molecule has 3 aliphatic rings. The maximum atomic E-state index is 5.56. The van der Waals surface area contributed by atoms with Crippen molar-refractivity contribution in [3.05, 3.63) is 35.4 Å². The van der Waals surface area contributed by atoms with Gasteiger partial charge in [0.2, 0.25) is 0 Å². The van der Waals surface area contributed by atoms with Crippen LogP contribution in [-0.2, 0) is 12.8 Å². The van der Waals surface area contributed by atoms with Crippen LogP contribution < -0.4 is 9.47 Å². The number of fused-ring (bicyclic) bond motifs is 3. The Morgan fingerprint density at radius 3 is 2.44 bits per heavy atom. The highest BCUT2D eigenvalue weighted by atomic mass is 16.5. The van der Waals surface area contributed by atoms with E-state index in [2.05, 4.69) is 6.07 Å². The third-order valence-corrected chi connectivity index (χ3v) is 3.85. The zero-order valence-corrected chi connectivity index (χ0v) is 11.0. The van der Waals surface area contributed by atoms with Crippen LogP contribution >= 0.6 is 0 Å². The summed E-state index contributed by atoms with van der Waals surface area (Å²) in [6, 6.07) is 8.31. The van der Waals surface area contributed by atoms with Crippen LogP contribution in [0.3, 0.4) is 0 Å². The van der Waals surface area contributed by atoms with E-state index in [4.69, 9.17) is 9.47 Å². The van der Waals surface area contributed by atoms with E-state index in [9.17, 15) is 0 Å². The van der Waals surface area contributed by atoms with Crippen molar-refractivity contribution in [2.45, 2.75) is 25.7 Å². The van der Waals surface area contributed by atoms with Crippen molar-refractivity contribution in [1.29, 1.82) is 0 Å². The molecule has 0 aliphatic heterocycles. The van der Waals surface area contributed by atoms with Gasteiger partial charge in [0.1, 0.15) is 11.5 Å². The zero-order chi connectivity index (χ0) is 12.5. The Kier molecular flexibility index (Phi) is 2.86. The number of rotatable bonds is 2. The molecule has 0 heterocycles. The number of aryl methyl sites for hydroxylation is 1. The standard InChI is InChI=1S/C16H18O2/c1-17-14-8-5-9-15(18-2)16-12-7-4-3-6-11(12)10-13(14)16/h5,8-10H,3-4,6-7H2,1-2H3. The first kappa shape index (κ1) is 11.4. The first-order chi connectivity index (χ1) is 8.85. The van der Waals surface area contributed by atoms with Crippen LogP contribution in [-0.4, -0.2) is 14.2 Å². The fourth-order valence-electron chi connectivity index (χ4n) is 3.00. The Morgan fingerprint density at radius 1 is 0.944 bits per heavy atom. The summed E-state index contributed by atoms with van der Waals surface area (Å²) < 4.78 is 11.1. The molecular formula is C16H18O2. The maximum Gasteiger partial charge on any atom is 0.127 e. The van der Waals surface area contributed by atoms with Gasteiger partial charge in [-0.25, -0.2) is 0 Å². The second-order valence-electron chi connectivity index (χ2n) is 4.81. The van der Waals surface area contributed by atoms with Gasteiger partial charge in [-0.05, 0) is 55.0 Å². The number of hydrogen-bond donors (Lipinski definition) is 0. The quantitative estimate of drug-likeness (QED) is 0.799. The monoisotopic (exact) mass is 242 g/mol. The van der Waals surface area contributed by atoms with Crippen molar-refractivity contribution in [2.75, 3.05) is 14.2 Å². The molecule has 0 radical (unpaired) electrons. The lowest BCUT2D eigenvalue weighted by molar-refractivity contribution is 0.412. The average molecular weight is 242 g/mol. The van der Waals surface area contributed by atoms with Crippen molar-refractivity contribution in [3.63, 3.8) is 0 Å². The highest BCUT2D eigenvalue weighted by Gasteiger charge is 2.23. The normalized spacial score (nSPS) is 14.3. The molecular weight excluding hydrogens is 224 g/mol. The lowest BCUT2D eigenvalue weighted by atomic mass is 9.93. The van der Waals surface area contributed by atoms with Crippen LogP contribution in [0.4, 0.5) is 0 Å². The van der Waals surface area contributed by atoms with Gasteiger partial charge < -0.3 is 9.47 Å². The van der Waals surface area contributed by atoms with Crippen LogP contribution in [0.1, 0.15) is 24.0 Å². The molecule has 0 bridgehead atoms. The third kappa shape index (κ3) is 1.64. The van der Waals surface area contributed by atoms with E-state index in [1.165, 1.54) is 41.5 Å². The summed E-state index contributed by atoms with van der Waals surface area (Å²) in [6.07, 6.45) is 4.90. The van der Waals surface area contributed by atoms with Crippen molar-refractivity contribution in [3.8, 4) is 22.6 Å². The molecule has 0 aromatic heterocycles. The van der Waals surface area contributed by atoms with Gasteiger partial charge in [0.05, 0.1) is 14.2 Å². The molecule has 0 fully saturated rings. The van der Waals surface area contributed by atoms with Gasteiger partial charge in [-0.1, -0.05) is 6.07 Å². The number of hydrogen-bond acceptors (Lipinski definition) is 2. The summed E-state index contributed by atoms with van der Waals surface area (Å²) in [6.45, 7) is 0. The molecule has 18 heavy (non-hydrogen) atoms. The summed E-state index contributed by atoms with van der Waals surface area (Å²) in [5.41, 5.74) is 5.36. The summed E-state index contributed by atoms with van der Waals surface area (Å²) >= 11 is 0. The molecule has 2 nitrogen and oxygen atoms in total. The van der Waals surface area contributed by atoms with E-state index in [1.807, 2.05) is 18.2 Å². The van der Waals surface area contributed by atoms with Crippen LogP contribution in [0.5, 0.6) is 11.5 Å². The van der Waals surface area contributed by atoms with E-state index >= 15 is 0 Å². The predicted octanol–water partition coefficient (Wildman–Crippen LogP) is 3.69. The molecule has 0 unspecified atom stereocenters. The molecule has 0 aromatic carbocycles. The number of methoxy groups -OCH3 is 2. The highest BCUT2D eigenvalue weighted by Crippen LogP contribution is 2.45. The van der Waals surface area contributed by atoms with Gasteiger partial charge in [0.25, 0.3) is 0 Å². The Hall–Kier alpha value is -1.70. The fourth-order valence-corrected chi connectivity index (χ4v) is 3.00. The van der Waals surface area contributed by atoms with Gasteiger partial charge in [-0.3, -0.25) is 0 Å². The van der Waals surface area contributed by atoms with E-state index in [-0.39, 0.29) is 0 Å². The Balaban J connectivity index is 2.31. The molecule has 0 amide bonds. The second kappa shape index (κ2) is 4.52. The Bertz CT molecular complexity index is 545. The minimum absolute atomic E-state index is 0.933. The molecule has 3 aliphatic carbocycles. The van der Waals surface area contributed by atoms with Gasteiger partial charge in [0.15, 0.2) is 0 Å². The average Bonchev–Trinajstić information content (AvgIpc) is 2.69. The first-order valence-electron chi connectivity index (χ1n) is 6.50. The first-order valence-corrected chi connectivity index (χ1v) is 6.50. The predicted molar refractivity (Wildman–Crippen MR) is 72.8 cm³/mol. The molecule has 0 saturated carbocycles. The molecule has 94 valence electrons. The molecule has 0 spiro atoms. The highest BCUT2D eigenvalue weighted by molar-refractivity contribution is 5.83. The van der Waals surface area contributed by atoms with Gasteiger partial charge in [0, 0.05) is 11.1 Å². The third-order valence-electron chi connectivity index (χ3n) is 3.85. The zero-order valence-electron chi connectivity index (χ0n) is 11.0. The SMILES string of the molecule is COc1cccc(OC)c2c3c(cc1-2)CCCC3. The Labute approximate surface area is 108 Å². The summed E-state index contributed by atoms with van der Waals surface area (Å²) in [5.74, 6) is 1.89. The summed E-state index contributed by atoms with van der Waals surface area (Å²) in [5, 5.41) is 0. The second-order valence-corrected chi connectivity index (χ2v) is 4.81. The molecule has 2 heteroatoms. The largest absolute Gasteiger partial charge is 0.496 e. The minimum atomic E-state index is 0.933. The van der Waals surface area contributed by atoms with Gasteiger partial charge >= 0.3 is 0 Å². The van der Waals surface area contributed by atoms with E-state index in [1.54, 1.807) is 14.2 Å². The van der Waals surface area contributed by atoms with Crippen LogP contribution in [0.2, 0.25) is 0 Å². The van der Waals surface area contributed by atoms with E-state index in [0.29, 0.717) is 0 Å². The molecule has 0 saturated heterocycles. The van der Waals surface area contributed by atoms with E-state index < -0.39 is 0 Å². The van der Waals surface area contributed by atoms with Gasteiger partial charge in [-0.2, -0.15) is 0 Å². The van der Waals surface area contributed by atoms with Crippen molar-refractivity contribution in [1.82, 2.24) is 0 Å². The van der Waals surface area contributed by atoms with Crippen molar-refractivity contribution in [2.24, 2.45) is 0 Å². The van der Waals surface area contributed by atoms with Crippen molar-refractivity contribution < 1.29 is 9.47 Å². The van der Waals surface area contributed by atoms with Crippen LogP contribution in [0.15, 0.2) is 24.3 Å². The smallest absolute Gasteiger partial charge is 0.127 e. The fraction of sp³-hybridized carbons (Fsp3) is 0.375. The van der Waals surface area contributed by atoms with Crippen LogP contribution in [0, 0.1) is 0 Å². The number of ether oxygens (including phenoxy) is 2. The molecule has 0 atom stereocenters. The maximum absolute atomic E-state index is 5.56. The molecule has 3 rings (SSSR count).